The molecule has 0 unspecified atom stereocenters. The first-order valence-electron chi connectivity index (χ1n) is 6.91. The molecule has 4 rings (SSSR count). The second kappa shape index (κ2) is 5.15. The maximum absolute atomic E-state index is 4.82. The molecule has 0 N–H and O–H groups in total. The van der Waals surface area contributed by atoms with E-state index in [1.807, 2.05) is 18.2 Å². The molecule has 4 aromatic rings. The third-order valence-corrected chi connectivity index (χ3v) is 4.48. The Kier molecular flexibility index (Phi) is 3.02. The molecule has 0 aliphatic rings. The lowest BCUT2D eigenvalue weighted by Gasteiger charge is -2.03. The van der Waals surface area contributed by atoms with Gasteiger partial charge in [-0.2, -0.15) is 0 Å². The Morgan fingerprint density at radius 1 is 0.714 bits per heavy atom. The third-order valence-electron chi connectivity index (χ3n) is 3.59. The predicted molar refractivity (Wildman–Crippen MR) is 90.5 cm³/mol. The van der Waals surface area contributed by atoms with Crippen LogP contribution in [0.2, 0.25) is 0 Å². The lowest BCUT2D eigenvalue weighted by molar-refractivity contribution is 1.41. The molecule has 0 aliphatic carbocycles. The molecule has 0 aliphatic heterocycles. The summed E-state index contributed by atoms with van der Waals surface area (Å²) in [6.45, 7) is 0. The van der Waals surface area contributed by atoms with Crippen molar-refractivity contribution in [2.75, 3.05) is 0 Å². The van der Waals surface area contributed by atoms with Crippen molar-refractivity contribution in [2.24, 2.45) is 0 Å². The Labute approximate surface area is 127 Å². The zero-order valence-electron chi connectivity index (χ0n) is 11.4. The summed E-state index contributed by atoms with van der Waals surface area (Å²) in [5, 5.41) is 5.72. The van der Waals surface area contributed by atoms with E-state index in [-0.39, 0.29) is 0 Å². The SMILES string of the molecule is c1ccc(-c2nc(-c3cccc4ccccc34)cs2)cc1. The highest BCUT2D eigenvalue weighted by Crippen LogP contribution is 2.32. The molecule has 1 nitrogen and oxygen atoms in total. The van der Waals surface area contributed by atoms with Gasteiger partial charge in [0, 0.05) is 16.5 Å². The summed E-state index contributed by atoms with van der Waals surface area (Å²) in [6, 6.07) is 25.2. The van der Waals surface area contributed by atoms with Crippen LogP contribution in [0, 0.1) is 0 Å². The van der Waals surface area contributed by atoms with E-state index in [1.165, 1.54) is 21.9 Å². The second-order valence-corrected chi connectivity index (χ2v) is 5.79. The highest BCUT2D eigenvalue weighted by atomic mass is 32.1. The number of nitrogens with zero attached hydrogens (tertiary/aromatic N) is 1. The fourth-order valence-electron chi connectivity index (χ4n) is 2.56. The number of benzene rings is 3. The van der Waals surface area contributed by atoms with Crippen LogP contribution in [-0.4, -0.2) is 4.98 Å². The molecule has 0 radical (unpaired) electrons. The summed E-state index contributed by atoms with van der Waals surface area (Å²) in [4.78, 5) is 4.82. The van der Waals surface area contributed by atoms with Gasteiger partial charge in [-0.1, -0.05) is 72.8 Å². The molecule has 0 amide bonds. The minimum atomic E-state index is 1.05. The first kappa shape index (κ1) is 12.3. The summed E-state index contributed by atoms with van der Waals surface area (Å²) >= 11 is 1.69. The molecule has 0 saturated carbocycles. The first-order chi connectivity index (χ1) is 10.4. The number of hydrogen-bond acceptors (Lipinski definition) is 2. The minimum Gasteiger partial charge on any atom is -0.236 e. The number of hydrogen-bond donors (Lipinski definition) is 0. The molecule has 100 valence electrons. The average Bonchev–Trinajstić information content (AvgIpc) is 3.05. The summed E-state index contributed by atoms with van der Waals surface area (Å²) in [7, 11) is 0. The lowest BCUT2D eigenvalue weighted by atomic mass is 10.0. The Morgan fingerprint density at radius 3 is 2.38 bits per heavy atom. The van der Waals surface area contributed by atoms with Gasteiger partial charge >= 0.3 is 0 Å². The van der Waals surface area contributed by atoms with Gasteiger partial charge in [0.05, 0.1) is 5.69 Å². The lowest BCUT2D eigenvalue weighted by Crippen LogP contribution is -1.82. The molecule has 0 fully saturated rings. The quantitative estimate of drug-likeness (QED) is 0.465. The van der Waals surface area contributed by atoms with Gasteiger partial charge in [0.25, 0.3) is 0 Å². The van der Waals surface area contributed by atoms with Gasteiger partial charge in [0.2, 0.25) is 0 Å². The Bertz CT molecular complexity index is 888. The summed E-state index contributed by atoms with van der Waals surface area (Å²) < 4.78 is 0. The van der Waals surface area contributed by atoms with Gasteiger partial charge in [0.15, 0.2) is 0 Å². The zero-order valence-corrected chi connectivity index (χ0v) is 12.2. The topological polar surface area (TPSA) is 12.9 Å². The molecule has 21 heavy (non-hydrogen) atoms. The van der Waals surface area contributed by atoms with Gasteiger partial charge in [0.1, 0.15) is 5.01 Å². The zero-order chi connectivity index (χ0) is 14.1. The maximum atomic E-state index is 4.82. The molecule has 2 heteroatoms. The van der Waals surface area contributed by atoms with E-state index in [0.29, 0.717) is 0 Å². The van der Waals surface area contributed by atoms with E-state index in [4.69, 9.17) is 4.98 Å². The number of aromatic nitrogens is 1. The molecule has 1 heterocycles. The molecule has 0 spiro atoms. The van der Waals surface area contributed by atoms with Crippen molar-refractivity contribution < 1.29 is 0 Å². The summed E-state index contributed by atoms with van der Waals surface area (Å²) in [5.41, 5.74) is 3.43. The van der Waals surface area contributed by atoms with Crippen molar-refractivity contribution in [2.45, 2.75) is 0 Å². The van der Waals surface area contributed by atoms with E-state index < -0.39 is 0 Å². The van der Waals surface area contributed by atoms with Crippen molar-refractivity contribution in [3.8, 4) is 21.8 Å². The molecule has 1 aromatic heterocycles. The van der Waals surface area contributed by atoms with Crippen molar-refractivity contribution in [1.82, 2.24) is 4.98 Å². The van der Waals surface area contributed by atoms with Gasteiger partial charge < -0.3 is 0 Å². The Balaban J connectivity index is 1.85. The van der Waals surface area contributed by atoms with E-state index in [9.17, 15) is 0 Å². The molecular weight excluding hydrogens is 274 g/mol. The van der Waals surface area contributed by atoms with Crippen LogP contribution in [-0.2, 0) is 0 Å². The van der Waals surface area contributed by atoms with Crippen LogP contribution in [0.25, 0.3) is 32.6 Å². The molecule has 3 aromatic carbocycles. The highest BCUT2D eigenvalue weighted by Gasteiger charge is 2.08. The van der Waals surface area contributed by atoms with Gasteiger partial charge in [-0.25, -0.2) is 4.98 Å². The maximum Gasteiger partial charge on any atom is 0.124 e. The van der Waals surface area contributed by atoms with Gasteiger partial charge in [-0.3, -0.25) is 0 Å². The van der Waals surface area contributed by atoms with Crippen LogP contribution < -0.4 is 0 Å². The number of fused-ring (bicyclic) bond motifs is 1. The third kappa shape index (κ3) is 2.24. The standard InChI is InChI=1S/C19H13NS/c1-2-8-15(9-3-1)19-20-18(13-21-19)17-12-6-10-14-7-4-5-11-16(14)17/h1-13H. The van der Waals surface area contributed by atoms with Crippen molar-refractivity contribution in [3.63, 3.8) is 0 Å². The van der Waals surface area contributed by atoms with Gasteiger partial charge in [-0.15, -0.1) is 11.3 Å². The fourth-order valence-corrected chi connectivity index (χ4v) is 3.39. The molecular formula is C19H13NS. The van der Waals surface area contributed by atoms with E-state index >= 15 is 0 Å². The average molecular weight is 287 g/mol. The van der Waals surface area contributed by atoms with E-state index in [1.54, 1.807) is 11.3 Å². The minimum absolute atomic E-state index is 1.05. The Hall–Kier alpha value is -2.45. The molecule has 0 atom stereocenters. The molecule has 0 bridgehead atoms. The van der Waals surface area contributed by atoms with Crippen LogP contribution >= 0.6 is 11.3 Å². The van der Waals surface area contributed by atoms with E-state index in [2.05, 4.69) is 60.0 Å². The van der Waals surface area contributed by atoms with E-state index in [0.717, 1.165) is 10.7 Å². The molecule has 0 saturated heterocycles. The van der Waals surface area contributed by atoms with Crippen molar-refractivity contribution in [1.29, 1.82) is 0 Å². The Morgan fingerprint density at radius 2 is 1.48 bits per heavy atom. The largest absolute Gasteiger partial charge is 0.236 e. The van der Waals surface area contributed by atoms with Crippen LogP contribution in [0.4, 0.5) is 0 Å². The van der Waals surface area contributed by atoms with Crippen LogP contribution in [0.1, 0.15) is 0 Å². The number of rotatable bonds is 2. The van der Waals surface area contributed by atoms with Crippen molar-refractivity contribution in [3.05, 3.63) is 78.2 Å². The fraction of sp³-hybridized carbons (Fsp3) is 0. The second-order valence-electron chi connectivity index (χ2n) is 4.93. The van der Waals surface area contributed by atoms with Crippen molar-refractivity contribution >= 4 is 22.1 Å². The summed E-state index contributed by atoms with van der Waals surface area (Å²) in [6.07, 6.45) is 0. The first-order valence-corrected chi connectivity index (χ1v) is 7.79. The van der Waals surface area contributed by atoms with Gasteiger partial charge in [-0.05, 0) is 10.8 Å². The van der Waals surface area contributed by atoms with Crippen LogP contribution in [0.5, 0.6) is 0 Å². The normalized spacial score (nSPS) is 10.9. The predicted octanol–water partition coefficient (Wildman–Crippen LogP) is 5.63. The van der Waals surface area contributed by atoms with Crippen LogP contribution in [0.15, 0.2) is 78.2 Å². The smallest absolute Gasteiger partial charge is 0.124 e. The highest BCUT2D eigenvalue weighted by molar-refractivity contribution is 7.13. The number of thiazole rings is 1. The monoisotopic (exact) mass is 287 g/mol. The van der Waals surface area contributed by atoms with Crippen LogP contribution in [0.3, 0.4) is 0 Å². The summed E-state index contributed by atoms with van der Waals surface area (Å²) in [5.74, 6) is 0.